The van der Waals surface area contributed by atoms with E-state index in [0.29, 0.717) is 19.4 Å². The summed E-state index contributed by atoms with van der Waals surface area (Å²) in [5.41, 5.74) is 8.08. The van der Waals surface area contributed by atoms with E-state index in [-0.39, 0.29) is 11.1 Å². The van der Waals surface area contributed by atoms with Crippen LogP contribution in [0.2, 0.25) is 0 Å². The first kappa shape index (κ1) is 22.3. The van der Waals surface area contributed by atoms with Crippen molar-refractivity contribution in [3.8, 4) is 0 Å². The second-order valence-corrected chi connectivity index (χ2v) is 9.70. The predicted molar refractivity (Wildman–Crippen MR) is 121 cm³/mol. The van der Waals surface area contributed by atoms with Crippen molar-refractivity contribution in [1.29, 1.82) is 0 Å². The van der Waals surface area contributed by atoms with E-state index in [1.165, 1.54) is 4.90 Å². The number of fused-ring (bicyclic) bond motifs is 1. The van der Waals surface area contributed by atoms with Gasteiger partial charge < -0.3 is 10.2 Å². The van der Waals surface area contributed by atoms with Gasteiger partial charge in [0.1, 0.15) is 0 Å². The molecule has 3 rings (SSSR count). The number of hydrogen-bond acceptors (Lipinski definition) is 7. The van der Waals surface area contributed by atoms with E-state index in [0.717, 1.165) is 36.4 Å². The number of hydrazine groups is 1. The van der Waals surface area contributed by atoms with Gasteiger partial charge in [-0.3, -0.25) is 20.2 Å². The maximum absolute atomic E-state index is 11.1. The lowest BCUT2D eigenvalue weighted by Crippen LogP contribution is -2.31. The maximum atomic E-state index is 11.1. The Kier molecular flexibility index (Phi) is 7.83. The number of amides is 1. The molecule has 2 aromatic rings. The number of nitrogens with one attached hydrogen (secondary N) is 3. The number of rotatable bonds is 12. The van der Waals surface area contributed by atoms with Gasteiger partial charge >= 0.3 is 0 Å². The molecule has 0 bridgehead atoms. The molecule has 0 aromatic heterocycles. The molecule has 0 fully saturated rings. The van der Waals surface area contributed by atoms with Crippen molar-refractivity contribution in [3.63, 3.8) is 0 Å². The summed E-state index contributed by atoms with van der Waals surface area (Å²) in [7, 11) is -3.94. The molecule has 8 nitrogen and oxygen atoms in total. The van der Waals surface area contributed by atoms with Crippen molar-refractivity contribution < 1.29 is 17.8 Å². The summed E-state index contributed by atoms with van der Waals surface area (Å²) < 4.78 is 31.1. The van der Waals surface area contributed by atoms with Crippen molar-refractivity contribution in [2.45, 2.75) is 29.5 Å². The molecule has 1 unspecified atom stereocenters. The molecule has 30 heavy (non-hydrogen) atoms. The van der Waals surface area contributed by atoms with Crippen LogP contribution in [0.1, 0.15) is 19.3 Å². The van der Waals surface area contributed by atoms with Gasteiger partial charge in [0, 0.05) is 23.7 Å². The molecule has 2 aromatic carbocycles. The predicted octanol–water partition coefficient (Wildman–Crippen LogP) is 3.17. The van der Waals surface area contributed by atoms with Crippen molar-refractivity contribution >= 4 is 45.4 Å². The van der Waals surface area contributed by atoms with Gasteiger partial charge in [0.25, 0.3) is 10.1 Å². The zero-order valence-electron chi connectivity index (χ0n) is 16.5. The third-order valence-corrected chi connectivity index (χ3v) is 6.87. The Bertz CT molecular complexity index is 938. The number of para-hydroxylation sites is 1. The number of anilines is 3. The topological polar surface area (TPSA) is 111 Å². The van der Waals surface area contributed by atoms with Crippen LogP contribution in [0, 0.1) is 0 Å². The number of nitrogens with zero attached hydrogens (tertiary/aromatic N) is 1. The average Bonchev–Trinajstić information content (AvgIpc) is 3.07. The van der Waals surface area contributed by atoms with Gasteiger partial charge in [-0.25, -0.2) is 0 Å². The van der Waals surface area contributed by atoms with E-state index in [4.69, 9.17) is 4.55 Å². The minimum absolute atomic E-state index is 0.224. The molecule has 1 amide bonds. The highest BCUT2D eigenvalue weighted by Crippen LogP contribution is 2.44. The third kappa shape index (κ3) is 6.54. The lowest BCUT2D eigenvalue weighted by Gasteiger charge is -2.26. The molecule has 4 N–H and O–H groups in total. The number of benzene rings is 2. The Morgan fingerprint density at radius 1 is 1.07 bits per heavy atom. The van der Waals surface area contributed by atoms with Gasteiger partial charge in [0.05, 0.1) is 22.5 Å². The van der Waals surface area contributed by atoms with Crippen LogP contribution in [0.4, 0.5) is 17.1 Å². The van der Waals surface area contributed by atoms with Crippen LogP contribution in [0.3, 0.4) is 0 Å². The second-order valence-electron chi connectivity index (χ2n) is 6.91. The minimum Gasteiger partial charge on any atom is -0.385 e. The number of carbonyl (C=O) groups excluding carboxylic acids is 1. The summed E-state index contributed by atoms with van der Waals surface area (Å²) in [6.45, 7) is 1.40. The first-order valence-corrected chi connectivity index (χ1v) is 12.2. The van der Waals surface area contributed by atoms with Crippen molar-refractivity contribution in [1.82, 2.24) is 5.43 Å². The molecule has 0 spiro atoms. The van der Waals surface area contributed by atoms with Crippen molar-refractivity contribution in [2.24, 2.45) is 0 Å². The molecule has 0 aliphatic carbocycles. The summed E-state index contributed by atoms with van der Waals surface area (Å²) in [5, 5.41) is 3.64. The summed E-state index contributed by atoms with van der Waals surface area (Å²) in [5.74, 6) is -0.224. The summed E-state index contributed by atoms with van der Waals surface area (Å²) in [6, 6.07) is 15.8. The van der Waals surface area contributed by atoms with E-state index in [9.17, 15) is 13.2 Å². The van der Waals surface area contributed by atoms with E-state index < -0.39 is 10.1 Å². The Balaban J connectivity index is 1.49. The first-order chi connectivity index (χ1) is 14.5. The Morgan fingerprint density at radius 3 is 2.53 bits per heavy atom. The van der Waals surface area contributed by atoms with E-state index >= 15 is 0 Å². The van der Waals surface area contributed by atoms with Crippen molar-refractivity contribution in [3.05, 3.63) is 48.5 Å². The van der Waals surface area contributed by atoms with Crippen LogP contribution in [0.15, 0.2) is 53.4 Å². The first-order valence-electron chi connectivity index (χ1n) is 9.73. The largest absolute Gasteiger partial charge is 0.385 e. The summed E-state index contributed by atoms with van der Waals surface area (Å²) in [6.07, 6.45) is 2.87. The molecule has 0 saturated carbocycles. The molecule has 1 atom stereocenters. The highest BCUT2D eigenvalue weighted by Gasteiger charge is 2.29. The molecule has 10 heteroatoms. The highest BCUT2D eigenvalue weighted by atomic mass is 32.2. The quantitative estimate of drug-likeness (QED) is 0.169. The van der Waals surface area contributed by atoms with Crippen LogP contribution in [-0.4, -0.2) is 43.6 Å². The summed E-state index contributed by atoms with van der Waals surface area (Å²) in [4.78, 5) is 13.7. The molecule has 1 aliphatic rings. The number of hydrogen-bond donors (Lipinski definition) is 4. The zero-order valence-corrected chi connectivity index (χ0v) is 18.1. The van der Waals surface area contributed by atoms with E-state index in [2.05, 4.69) is 33.2 Å². The lowest BCUT2D eigenvalue weighted by atomic mass is 10.2. The van der Waals surface area contributed by atoms with Crippen LogP contribution < -0.4 is 21.1 Å². The van der Waals surface area contributed by atoms with Gasteiger partial charge in [-0.15, -0.1) is 0 Å². The van der Waals surface area contributed by atoms with Crippen LogP contribution >= 0.6 is 11.8 Å². The fourth-order valence-corrected chi connectivity index (χ4v) is 5.23. The molecular weight excluding hydrogens is 424 g/mol. The van der Waals surface area contributed by atoms with Gasteiger partial charge in [-0.05, 0) is 55.7 Å². The van der Waals surface area contributed by atoms with Gasteiger partial charge in [0.15, 0.2) is 0 Å². The average molecular weight is 451 g/mol. The van der Waals surface area contributed by atoms with Crippen molar-refractivity contribution in [2.75, 3.05) is 34.5 Å². The number of thioether (sulfide) groups is 1. The molecule has 0 saturated heterocycles. The fraction of sp³-hybridized carbons (Fsp3) is 0.350. The monoisotopic (exact) mass is 450 g/mol. The second kappa shape index (κ2) is 10.6. The molecule has 1 aliphatic heterocycles. The van der Waals surface area contributed by atoms with Crippen LogP contribution in [-0.2, 0) is 14.9 Å². The molecular formula is C20H26N4O4S2. The van der Waals surface area contributed by atoms with Gasteiger partial charge in [-0.1, -0.05) is 23.9 Å². The normalized spacial score (nSPS) is 15.5. The van der Waals surface area contributed by atoms with Crippen LogP contribution in [0.5, 0.6) is 0 Å². The van der Waals surface area contributed by atoms with E-state index in [1.807, 2.05) is 36.4 Å². The standard InChI is InChI=1S/C20H26N4O4S2/c25-15-22-23-17-10-8-16(9-11-17)21-12-3-7-20-24(13-4-14-30(26,27)28)18-5-1-2-6-19(18)29-20/h1-2,5-6,8-11,15,20-21,23H,3-4,7,12-14H2,(H,22,25)(H,26,27,28). The van der Waals surface area contributed by atoms with Gasteiger partial charge in [-0.2, -0.15) is 8.42 Å². The molecule has 0 radical (unpaired) electrons. The maximum Gasteiger partial charge on any atom is 0.264 e. The third-order valence-electron chi connectivity index (χ3n) is 4.70. The Morgan fingerprint density at radius 2 is 1.80 bits per heavy atom. The van der Waals surface area contributed by atoms with E-state index in [1.54, 1.807) is 11.8 Å². The smallest absolute Gasteiger partial charge is 0.264 e. The fourth-order valence-electron chi connectivity index (χ4n) is 3.35. The number of carbonyl (C=O) groups is 1. The van der Waals surface area contributed by atoms with Crippen LogP contribution in [0.25, 0.3) is 0 Å². The molecule has 162 valence electrons. The highest BCUT2D eigenvalue weighted by molar-refractivity contribution is 8.00. The summed E-state index contributed by atoms with van der Waals surface area (Å²) >= 11 is 1.80. The minimum atomic E-state index is -3.94. The Labute approximate surface area is 181 Å². The zero-order chi connectivity index (χ0) is 21.4. The lowest BCUT2D eigenvalue weighted by molar-refractivity contribution is -0.109. The SMILES string of the molecule is O=CNNc1ccc(NCCCC2Sc3ccccc3N2CCCS(=O)(=O)O)cc1. The van der Waals surface area contributed by atoms with Gasteiger partial charge in [0.2, 0.25) is 6.41 Å². The Hall–Kier alpha value is -2.43. The molecule has 1 heterocycles.